The smallest absolute Gasteiger partial charge is 0.347 e. The molecule has 1 aliphatic rings. The molecule has 1 saturated heterocycles. The average molecular weight is 335 g/mol. The molecule has 0 saturated carbocycles. The topological polar surface area (TPSA) is 40.2 Å². The first kappa shape index (κ1) is 18.1. The maximum atomic E-state index is 6.45. The van der Waals surface area contributed by atoms with Crippen LogP contribution in [0.1, 0.15) is 6.92 Å². The largest absolute Gasteiger partial charge is 0.499 e. The quantitative estimate of drug-likeness (QED) is 0.386. The van der Waals surface area contributed by atoms with Gasteiger partial charge in [-0.25, -0.2) is 0 Å². The summed E-state index contributed by atoms with van der Waals surface area (Å²) in [7, 11) is -5.69. The first-order chi connectivity index (χ1) is 8.91. The van der Waals surface area contributed by atoms with Gasteiger partial charge in [0.05, 0.1) is 12.9 Å². The van der Waals surface area contributed by atoms with Crippen molar-refractivity contribution >= 4 is 25.2 Å². The van der Waals surface area contributed by atoms with Crippen molar-refractivity contribution in [3.05, 3.63) is 11.5 Å². The van der Waals surface area contributed by atoms with Crippen LogP contribution >= 0.6 is 0 Å². The Morgan fingerprint density at radius 2 is 1.50 bits per heavy atom. The second-order valence-corrected chi connectivity index (χ2v) is 20.2. The van der Waals surface area contributed by atoms with Gasteiger partial charge in [0.2, 0.25) is 0 Å². The Hall–Kier alpha value is 0.0706. The molecule has 1 rings (SSSR count). The normalized spacial score (nSPS) is 21.0. The number of hydrogen-bond donors (Lipinski definition) is 0. The van der Waals surface area contributed by atoms with Gasteiger partial charge in [0.15, 0.2) is 16.6 Å². The maximum Gasteiger partial charge on any atom is 0.347 e. The van der Waals surface area contributed by atoms with Gasteiger partial charge in [0.1, 0.15) is 12.7 Å². The first-order valence-corrected chi connectivity index (χ1v) is 16.4. The van der Waals surface area contributed by atoms with Crippen LogP contribution in [0.5, 0.6) is 0 Å². The van der Waals surface area contributed by atoms with Crippen LogP contribution in [-0.2, 0) is 17.7 Å². The van der Waals surface area contributed by atoms with Crippen molar-refractivity contribution in [1.82, 2.24) is 0 Å². The Labute approximate surface area is 127 Å². The summed E-state index contributed by atoms with van der Waals surface area (Å²) in [5.41, 5.74) is 0. The molecule has 0 bridgehead atoms. The van der Waals surface area contributed by atoms with Gasteiger partial charge in [0, 0.05) is 5.20 Å². The minimum absolute atomic E-state index is 0.280. The van der Waals surface area contributed by atoms with Crippen LogP contribution in [0.3, 0.4) is 0 Å². The molecule has 1 unspecified atom stereocenters. The third-order valence-electron chi connectivity index (χ3n) is 2.66. The zero-order valence-corrected chi connectivity index (χ0v) is 17.2. The highest BCUT2D eigenvalue weighted by molar-refractivity contribution is 6.90. The van der Waals surface area contributed by atoms with Crippen LogP contribution in [0, 0.1) is 0 Å². The van der Waals surface area contributed by atoms with Crippen LogP contribution in [0.15, 0.2) is 11.5 Å². The van der Waals surface area contributed by atoms with E-state index in [1.807, 2.05) is 6.26 Å². The van der Waals surface area contributed by atoms with E-state index < -0.39 is 25.2 Å². The van der Waals surface area contributed by atoms with Crippen LogP contribution < -0.4 is 0 Å². The van der Waals surface area contributed by atoms with Crippen molar-refractivity contribution < 1.29 is 17.7 Å². The summed E-state index contributed by atoms with van der Waals surface area (Å²) in [6, 6.07) is 0. The molecule has 0 radical (unpaired) electrons. The van der Waals surface area contributed by atoms with Crippen LogP contribution in [0.4, 0.5) is 0 Å². The van der Waals surface area contributed by atoms with Gasteiger partial charge in [-0.1, -0.05) is 0 Å². The molecule has 1 aliphatic heterocycles. The van der Waals surface area contributed by atoms with E-state index in [1.54, 1.807) is 0 Å². The predicted molar refractivity (Wildman–Crippen MR) is 89.9 cm³/mol. The van der Waals surface area contributed by atoms with Gasteiger partial charge in [-0.2, -0.15) is 0 Å². The lowest BCUT2D eigenvalue weighted by Gasteiger charge is -2.38. The highest BCUT2D eigenvalue weighted by atomic mass is 28.5. The fourth-order valence-corrected chi connectivity index (χ4v) is 13.4. The maximum absolute atomic E-state index is 6.45. The lowest BCUT2D eigenvalue weighted by Crippen LogP contribution is -2.53. The van der Waals surface area contributed by atoms with Crippen molar-refractivity contribution in [2.75, 3.05) is 13.2 Å². The van der Waals surface area contributed by atoms with Crippen LogP contribution in [0.25, 0.3) is 0 Å². The van der Waals surface area contributed by atoms with Gasteiger partial charge in [-0.05, 0) is 52.8 Å². The fourth-order valence-electron chi connectivity index (χ4n) is 1.90. The molecule has 0 aromatic heterocycles. The fraction of sp³-hybridized carbons (Fsp3) is 0.846. The average Bonchev–Trinajstić information content (AvgIpc) is 2.94. The van der Waals surface area contributed by atoms with Crippen molar-refractivity contribution in [2.45, 2.75) is 58.9 Å². The highest BCUT2D eigenvalue weighted by Gasteiger charge is 2.42. The summed E-state index contributed by atoms with van der Waals surface area (Å²) in [6.07, 6.45) is 2.11. The van der Waals surface area contributed by atoms with Crippen molar-refractivity contribution in [2.24, 2.45) is 0 Å². The molecular formula is C13H30O4Si3. The zero-order valence-electron chi connectivity index (χ0n) is 14.2. The standard InChI is InChI=1S/C13H30O4Si3/c1-12(9-14-10-13-11-15-13)20(8,16-18(2,3)4)17-19(5,6)7/h9,13H,10-11H2,1-8H3/b12-9-. The van der Waals surface area contributed by atoms with E-state index in [4.69, 9.17) is 17.7 Å². The molecule has 1 atom stereocenters. The van der Waals surface area contributed by atoms with E-state index in [-0.39, 0.29) is 6.10 Å². The first-order valence-electron chi connectivity index (χ1n) is 7.22. The molecule has 0 amide bonds. The second kappa shape index (κ2) is 6.45. The van der Waals surface area contributed by atoms with E-state index in [9.17, 15) is 0 Å². The van der Waals surface area contributed by atoms with Gasteiger partial charge >= 0.3 is 8.56 Å². The lowest BCUT2D eigenvalue weighted by atomic mass is 10.5. The van der Waals surface area contributed by atoms with Crippen molar-refractivity contribution in [3.63, 3.8) is 0 Å². The molecule has 0 N–H and O–H groups in total. The minimum atomic E-state index is -2.36. The number of epoxide rings is 1. The van der Waals surface area contributed by atoms with Crippen LogP contribution in [-0.4, -0.2) is 44.5 Å². The summed E-state index contributed by atoms with van der Waals surface area (Å²) in [4.78, 5) is 0. The third kappa shape index (κ3) is 7.19. The molecule has 20 heavy (non-hydrogen) atoms. The molecule has 0 aromatic carbocycles. The predicted octanol–water partition coefficient (Wildman–Crippen LogP) is 3.62. The zero-order chi connectivity index (χ0) is 15.6. The monoisotopic (exact) mass is 334 g/mol. The molecule has 1 heterocycles. The summed E-state index contributed by atoms with van der Waals surface area (Å²) >= 11 is 0. The number of allylic oxidation sites excluding steroid dienone is 1. The third-order valence-corrected chi connectivity index (χ3v) is 12.2. The molecule has 7 heteroatoms. The SMILES string of the molecule is C/C(=C/OCC1CO1)[Si](C)(O[Si](C)(C)C)O[Si](C)(C)C. The minimum Gasteiger partial charge on any atom is -0.499 e. The molecule has 0 spiro atoms. The molecule has 118 valence electrons. The summed E-state index contributed by atoms with van der Waals surface area (Å²) in [5, 5.41) is 1.11. The van der Waals surface area contributed by atoms with Gasteiger partial charge < -0.3 is 17.7 Å². The Kier molecular flexibility index (Phi) is 5.84. The molecule has 0 aromatic rings. The summed E-state index contributed by atoms with van der Waals surface area (Å²) in [5.74, 6) is 0. The number of hydrogen-bond acceptors (Lipinski definition) is 4. The van der Waals surface area contributed by atoms with Crippen molar-refractivity contribution in [1.29, 1.82) is 0 Å². The van der Waals surface area contributed by atoms with E-state index in [1.165, 1.54) is 0 Å². The number of ether oxygens (including phenoxy) is 2. The van der Waals surface area contributed by atoms with Gasteiger partial charge in [-0.3, -0.25) is 0 Å². The van der Waals surface area contributed by atoms with E-state index in [0.717, 1.165) is 11.8 Å². The van der Waals surface area contributed by atoms with Gasteiger partial charge in [0.25, 0.3) is 0 Å². The lowest BCUT2D eigenvalue weighted by molar-refractivity contribution is 0.210. The highest BCUT2D eigenvalue weighted by Crippen LogP contribution is 2.27. The van der Waals surface area contributed by atoms with Crippen LogP contribution in [0.2, 0.25) is 45.8 Å². The number of rotatable bonds is 8. The molecular weight excluding hydrogens is 304 g/mol. The Morgan fingerprint density at radius 3 is 1.85 bits per heavy atom. The van der Waals surface area contributed by atoms with Crippen molar-refractivity contribution in [3.8, 4) is 0 Å². The van der Waals surface area contributed by atoms with Gasteiger partial charge in [-0.15, -0.1) is 0 Å². The molecule has 0 aliphatic carbocycles. The molecule has 4 nitrogen and oxygen atoms in total. The Balaban J connectivity index is 2.77. The van der Waals surface area contributed by atoms with E-state index in [0.29, 0.717) is 6.61 Å². The summed E-state index contributed by atoms with van der Waals surface area (Å²) < 4.78 is 23.7. The van der Waals surface area contributed by atoms with E-state index >= 15 is 0 Å². The van der Waals surface area contributed by atoms with E-state index in [2.05, 4.69) is 52.8 Å². The molecule has 1 fully saturated rings. The second-order valence-electron chi connectivity index (χ2n) is 7.46. The Morgan fingerprint density at radius 1 is 1.05 bits per heavy atom. The summed E-state index contributed by atoms with van der Waals surface area (Å²) in [6.45, 7) is 18.9. The Bertz CT molecular complexity index is 338.